The fraction of sp³-hybridized carbons (Fsp3) is 0.125. The van der Waals surface area contributed by atoms with Crippen molar-refractivity contribution in [3.8, 4) is 11.3 Å². The van der Waals surface area contributed by atoms with Crippen LogP contribution in [0.5, 0.6) is 0 Å². The highest BCUT2D eigenvalue weighted by Crippen LogP contribution is 2.27. The molecule has 2 N–H and O–H groups in total. The second kappa shape index (κ2) is 7.16. The van der Waals surface area contributed by atoms with Gasteiger partial charge in [0.25, 0.3) is 5.56 Å². The number of nitrogens with one attached hydrogen (secondary N) is 2. The molecule has 0 aliphatic rings. The average Bonchev–Trinajstić information content (AvgIpc) is 3.01. The van der Waals surface area contributed by atoms with E-state index < -0.39 is 17.2 Å². The van der Waals surface area contributed by atoms with Gasteiger partial charge in [0.15, 0.2) is 5.13 Å². The Morgan fingerprint density at radius 1 is 1.36 bits per heavy atom. The van der Waals surface area contributed by atoms with E-state index in [4.69, 9.17) is 0 Å². The Morgan fingerprint density at radius 3 is 2.88 bits per heavy atom. The van der Waals surface area contributed by atoms with Crippen molar-refractivity contribution in [2.45, 2.75) is 13.5 Å². The van der Waals surface area contributed by atoms with E-state index in [-0.39, 0.29) is 11.0 Å². The first-order valence-electron chi connectivity index (χ1n) is 7.24. The minimum absolute atomic E-state index is 0.177. The van der Waals surface area contributed by atoms with E-state index >= 15 is 0 Å². The van der Waals surface area contributed by atoms with Gasteiger partial charge in [-0.2, -0.15) is 0 Å². The summed E-state index contributed by atoms with van der Waals surface area (Å²) in [6.45, 7) is 1.76. The van der Waals surface area contributed by atoms with Crippen LogP contribution in [0.25, 0.3) is 11.3 Å². The Hall–Kier alpha value is -2.52. The zero-order valence-electron chi connectivity index (χ0n) is 13.1. The zero-order valence-corrected chi connectivity index (χ0v) is 15.5. The lowest BCUT2D eigenvalue weighted by Crippen LogP contribution is -2.33. The number of aromatic nitrogens is 3. The molecule has 0 aliphatic heterocycles. The summed E-state index contributed by atoms with van der Waals surface area (Å²) in [5, 5.41) is 4.97. The number of carbonyl (C=O) groups excluding carboxylic acids is 1. The summed E-state index contributed by atoms with van der Waals surface area (Å²) in [5.41, 5.74) is 1.69. The van der Waals surface area contributed by atoms with Crippen molar-refractivity contribution in [1.82, 2.24) is 14.5 Å². The van der Waals surface area contributed by atoms with Gasteiger partial charge in [-0.05, 0) is 28.4 Å². The molecule has 0 spiro atoms. The third kappa shape index (κ3) is 3.94. The van der Waals surface area contributed by atoms with Crippen LogP contribution in [0.15, 0.2) is 49.9 Å². The van der Waals surface area contributed by atoms with Crippen LogP contribution < -0.4 is 16.6 Å². The van der Waals surface area contributed by atoms with E-state index in [1.807, 2.05) is 36.6 Å². The lowest BCUT2D eigenvalue weighted by atomic mass is 10.1. The highest BCUT2D eigenvalue weighted by molar-refractivity contribution is 9.10. The van der Waals surface area contributed by atoms with Crippen molar-refractivity contribution in [2.24, 2.45) is 0 Å². The van der Waals surface area contributed by atoms with Crippen LogP contribution >= 0.6 is 27.3 Å². The summed E-state index contributed by atoms with van der Waals surface area (Å²) in [6, 6.07) is 7.84. The Bertz CT molecular complexity index is 1050. The van der Waals surface area contributed by atoms with Gasteiger partial charge in [-0.1, -0.05) is 24.3 Å². The van der Waals surface area contributed by atoms with Crippen LogP contribution in [-0.4, -0.2) is 20.4 Å². The molecule has 9 heteroatoms. The zero-order chi connectivity index (χ0) is 18.0. The van der Waals surface area contributed by atoms with E-state index in [0.29, 0.717) is 5.13 Å². The van der Waals surface area contributed by atoms with Gasteiger partial charge >= 0.3 is 5.69 Å². The Balaban J connectivity index is 1.74. The van der Waals surface area contributed by atoms with Gasteiger partial charge in [0.05, 0.1) is 10.2 Å². The van der Waals surface area contributed by atoms with Gasteiger partial charge in [-0.25, -0.2) is 9.78 Å². The minimum atomic E-state index is -0.650. The van der Waals surface area contributed by atoms with E-state index in [1.54, 1.807) is 0 Å². The maximum atomic E-state index is 12.1. The topological polar surface area (TPSA) is 96.9 Å². The maximum Gasteiger partial charge on any atom is 0.328 e. The van der Waals surface area contributed by atoms with E-state index in [0.717, 1.165) is 21.4 Å². The molecule has 25 heavy (non-hydrogen) atoms. The molecule has 0 unspecified atom stereocenters. The average molecular weight is 421 g/mol. The molecule has 0 saturated carbocycles. The largest absolute Gasteiger partial charge is 0.328 e. The van der Waals surface area contributed by atoms with E-state index in [9.17, 15) is 14.4 Å². The smallest absolute Gasteiger partial charge is 0.300 e. The molecule has 0 saturated heterocycles. The predicted molar refractivity (Wildman–Crippen MR) is 99.9 cm³/mol. The molecule has 3 rings (SSSR count). The molecule has 0 radical (unpaired) electrons. The van der Waals surface area contributed by atoms with Crippen molar-refractivity contribution >= 4 is 38.3 Å². The number of hydrogen-bond acceptors (Lipinski definition) is 5. The molecule has 7 nitrogen and oxygen atoms in total. The molecule has 3 aromatic rings. The molecule has 1 amide bonds. The number of H-pyrrole nitrogens is 1. The lowest BCUT2D eigenvalue weighted by molar-refractivity contribution is -0.116. The molecular weight excluding hydrogens is 408 g/mol. The van der Waals surface area contributed by atoms with Gasteiger partial charge in [0.1, 0.15) is 6.54 Å². The number of thiazole rings is 1. The molecule has 2 heterocycles. The third-order valence-electron chi connectivity index (χ3n) is 3.45. The fourth-order valence-corrected chi connectivity index (χ4v) is 3.30. The van der Waals surface area contributed by atoms with Gasteiger partial charge in [-0.3, -0.25) is 19.1 Å². The molecule has 0 fully saturated rings. The van der Waals surface area contributed by atoms with Gasteiger partial charge in [0, 0.05) is 17.1 Å². The van der Waals surface area contributed by atoms with Crippen LogP contribution in [-0.2, 0) is 11.3 Å². The SMILES string of the molecule is Cc1ccccc1-c1csc(NC(=O)Cn2cc(Br)c(=O)[nH]c2=O)n1. The molecular formula is C16H13BrN4O3S. The molecule has 1 aromatic carbocycles. The van der Waals surface area contributed by atoms with Gasteiger partial charge < -0.3 is 5.32 Å². The molecule has 0 atom stereocenters. The second-order valence-electron chi connectivity index (χ2n) is 5.27. The monoisotopic (exact) mass is 420 g/mol. The number of carbonyl (C=O) groups is 1. The number of aryl methyl sites for hydroxylation is 1. The van der Waals surface area contributed by atoms with E-state index in [2.05, 4.69) is 31.2 Å². The number of nitrogens with zero attached hydrogens (tertiary/aromatic N) is 2. The first-order valence-corrected chi connectivity index (χ1v) is 8.92. The number of anilines is 1. The molecule has 2 aromatic heterocycles. The van der Waals surface area contributed by atoms with Crippen LogP contribution in [0.3, 0.4) is 0 Å². The van der Waals surface area contributed by atoms with Gasteiger partial charge in [-0.15, -0.1) is 11.3 Å². The van der Waals surface area contributed by atoms with Crippen LogP contribution in [0.1, 0.15) is 5.56 Å². The molecule has 128 valence electrons. The highest BCUT2D eigenvalue weighted by atomic mass is 79.9. The molecule has 0 bridgehead atoms. The molecule has 0 aliphatic carbocycles. The van der Waals surface area contributed by atoms with Crippen molar-refractivity contribution < 1.29 is 4.79 Å². The van der Waals surface area contributed by atoms with Crippen molar-refractivity contribution in [3.63, 3.8) is 0 Å². The normalized spacial score (nSPS) is 10.6. The quantitative estimate of drug-likeness (QED) is 0.676. The van der Waals surface area contributed by atoms with Crippen molar-refractivity contribution in [1.29, 1.82) is 0 Å². The summed E-state index contributed by atoms with van der Waals surface area (Å²) < 4.78 is 1.28. The summed E-state index contributed by atoms with van der Waals surface area (Å²) >= 11 is 4.33. The summed E-state index contributed by atoms with van der Waals surface area (Å²) in [4.78, 5) is 41.7. The number of aromatic amines is 1. The Morgan fingerprint density at radius 2 is 2.12 bits per heavy atom. The predicted octanol–water partition coefficient (Wildman–Crippen LogP) is 2.37. The minimum Gasteiger partial charge on any atom is -0.300 e. The third-order valence-corrected chi connectivity index (χ3v) is 4.78. The number of benzene rings is 1. The van der Waals surface area contributed by atoms with Crippen LogP contribution in [0.4, 0.5) is 5.13 Å². The summed E-state index contributed by atoms with van der Waals surface area (Å²) in [6.07, 6.45) is 1.28. The first-order chi connectivity index (χ1) is 11.9. The second-order valence-corrected chi connectivity index (χ2v) is 6.98. The van der Waals surface area contributed by atoms with Gasteiger partial charge in [0.2, 0.25) is 5.91 Å². The van der Waals surface area contributed by atoms with Crippen LogP contribution in [0, 0.1) is 6.92 Å². The lowest BCUT2D eigenvalue weighted by Gasteiger charge is -2.05. The summed E-state index contributed by atoms with van der Waals surface area (Å²) in [5.74, 6) is -0.410. The number of amides is 1. The number of hydrogen-bond donors (Lipinski definition) is 2. The van der Waals surface area contributed by atoms with Crippen molar-refractivity contribution in [3.05, 3.63) is 66.7 Å². The maximum absolute atomic E-state index is 12.1. The first kappa shape index (κ1) is 17.3. The standard InChI is InChI=1S/C16H13BrN4O3S/c1-9-4-2-3-5-10(9)12-8-25-15(18-12)19-13(22)7-21-6-11(17)14(23)20-16(21)24/h2-6,8H,7H2,1H3,(H,18,19,22)(H,20,23,24). The number of halogens is 1. The summed E-state index contributed by atoms with van der Waals surface area (Å²) in [7, 11) is 0. The Kier molecular flexibility index (Phi) is 4.95. The van der Waals surface area contributed by atoms with E-state index in [1.165, 1.54) is 17.5 Å². The Labute approximate surface area is 154 Å². The van der Waals surface area contributed by atoms with Crippen LogP contribution in [0.2, 0.25) is 0 Å². The highest BCUT2D eigenvalue weighted by Gasteiger charge is 2.11. The van der Waals surface area contributed by atoms with Crippen molar-refractivity contribution in [2.75, 3.05) is 5.32 Å². The fourth-order valence-electron chi connectivity index (χ4n) is 2.23. The number of rotatable bonds is 4.